The van der Waals surface area contributed by atoms with Gasteiger partial charge in [0.05, 0.1) is 22.1 Å². The Balaban J connectivity index is 1.37. The molecule has 44 heavy (non-hydrogen) atoms. The molecule has 13 heteroatoms. The van der Waals surface area contributed by atoms with E-state index in [1.54, 1.807) is 6.20 Å². The Kier molecular flexibility index (Phi) is 9.10. The Hall–Kier alpha value is -3.06. The molecule has 3 aliphatic rings. The van der Waals surface area contributed by atoms with Gasteiger partial charge in [0.2, 0.25) is 0 Å². The number of nitrogens with one attached hydrogen (secondary N) is 3. The van der Waals surface area contributed by atoms with Crippen LogP contribution < -0.4 is 10.6 Å². The number of aromatic amines is 1. The van der Waals surface area contributed by atoms with Crippen LogP contribution in [0.3, 0.4) is 0 Å². The molecule has 2 amide bonds. The molecule has 6 nitrogen and oxygen atoms in total. The number of aromatic nitrogens is 1. The summed E-state index contributed by atoms with van der Waals surface area (Å²) in [5, 5.41) is 6.56. The number of alkyl halides is 7. The monoisotopic (exact) mass is 686 g/mol. The molecule has 2 aromatic carbocycles. The molecule has 3 aromatic rings. The van der Waals surface area contributed by atoms with Gasteiger partial charge in [0.1, 0.15) is 6.04 Å². The largest absolute Gasteiger partial charge is 0.416 e. The lowest BCUT2D eigenvalue weighted by molar-refractivity contribution is -0.143. The smallest absolute Gasteiger partial charge is 0.361 e. The van der Waals surface area contributed by atoms with E-state index in [1.807, 2.05) is 24.3 Å². The molecule has 3 aliphatic heterocycles. The highest BCUT2D eigenvalue weighted by Crippen LogP contribution is 2.45. The van der Waals surface area contributed by atoms with Gasteiger partial charge in [-0.15, -0.1) is 0 Å². The zero-order chi connectivity index (χ0) is 31.9. The van der Waals surface area contributed by atoms with Crippen molar-refractivity contribution in [2.75, 3.05) is 13.1 Å². The molecule has 1 aromatic heterocycles. The van der Waals surface area contributed by atoms with Gasteiger partial charge >= 0.3 is 18.4 Å². The van der Waals surface area contributed by atoms with Crippen molar-refractivity contribution in [2.24, 2.45) is 5.41 Å². The number of hydrogen-bond acceptors (Lipinski definition) is 3. The van der Waals surface area contributed by atoms with E-state index in [9.17, 15) is 35.9 Å². The number of halogens is 7. The SMILES string of the molecule is CCC12CCN(CC1)C(NC(=O)NC(C(=O)CCc1cc(C(F)(F)F)cc(C(F)(F)F)c1)C(Br)c1c[nH]c3ccccc13)C2. The maximum absolute atomic E-state index is 13.7. The molecule has 2 bridgehead atoms. The number of ketones is 1. The molecule has 4 heterocycles. The summed E-state index contributed by atoms with van der Waals surface area (Å²) < 4.78 is 80.3. The van der Waals surface area contributed by atoms with E-state index in [1.165, 1.54) is 0 Å². The first-order valence-electron chi connectivity index (χ1n) is 14.5. The number of fused-ring (bicyclic) bond motifs is 4. The fourth-order valence-electron chi connectivity index (χ4n) is 6.43. The number of aryl methyl sites for hydroxylation is 1. The second-order valence-corrected chi connectivity index (χ2v) is 12.8. The number of Topliss-reactive ketones (excluding diaryl/α,β-unsaturated/α-hetero) is 1. The molecule has 0 aliphatic carbocycles. The summed E-state index contributed by atoms with van der Waals surface area (Å²) in [6.07, 6.45) is -5.39. The van der Waals surface area contributed by atoms with E-state index in [4.69, 9.17) is 0 Å². The summed E-state index contributed by atoms with van der Waals surface area (Å²) in [4.78, 5) is 31.6. The highest BCUT2D eigenvalue weighted by atomic mass is 79.9. The molecule has 0 spiro atoms. The number of para-hydroxylation sites is 1. The summed E-state index contributed by atoms with van der Waals surface area (Å²) in [5.41, 5.74) is -1.54. The summed E-state index contributed by atoms with van der Waals surface area (Å²) in [6, 6.07) is 6.90. The second-order valence-electron chi connectivity index (χ2n) is 11.8. The molecule has 0 radical (unpaired) electrons. The van der Waals surface area contributed by atoms with Gasteiger partial charge in [0.25, 0.3) is 0 Å². The minimum absolute atomic E-state index is 0.0577. The van der Waals surface area contributed by atoms with Crippen molar-refractivity contribution in [3.05, 3.63) is 70.9 Å². The van der Waals surface area contributed by atoms with Crippen molar-refractivity contribution in [3.8, 4) is 0 Å². The van der Waals surface area contributed by atoms with Crippen LogP contribution in [0.1, 0.15) is 66.1 Å². The van der Waals surface area contributed by atoms with Gasteiger partial charge < -0.3 is 15.6 Å². The quantitative estimate of drug-likeness (QED) is 0.159. The van der Waals surface area contributed by atoms with Gasteiger partial charge in [-0.2, -0.15) is 26.3 Å². The number of urea groups is 1. The van der Waals surface area contributed by atoms with Gasteiger partial charge in [-0.3, -0.25) is 9.69 Å². The van der Waals surface area contributed by atoms with Gasteiger partial charge in [0.15, 0.2) is 5.78 Å². The third-order valence-corrected chi connectivity index (χ3v) is 10.1. The number of benzene rings is 2. The van der Waals surface area contributed by atoms with E-state index in [-0.39, 0.29) is 29.6 Å². The number of nitrogens with zero attached hydrogens (tertiary/aromatic N) is 1. The molecule has 3 saturated heterocycles. The van der Waals surface area contributed by atoms with Crippen molar-refractivity contribution >= 4 is 38.6 Å². The van der Waals surface area contributed by atoms with E-state index >= 15 is 0 Å². The Morgan fingerprint density at radius 2 is 1.68 bits per heavy atom. The fourth-order valence-corrected chi connectivity index (χ4v) is 7.24. The van der Waals surface area contributed by atoms with Crippen molar-refractivity contribution in [3.63, 3.8) is 0 Å². The van der Waals surface area contributed by atoms with Crippen LogP contribution in [-0.2, 0) is 23.6 Å². The molecule has 6 rings (SSSR count). The van der Waals surface area contributed by atoms with Crippen LogP contribution in [0.5, 0.6) is 0 Å². The fraction of sp³-hybridized carbons (Fsp3) is 0.484. The Bertz CT molecular complexity index is 1480. The minimum Gasteiger partial charge on any atom is -0.361 e. The van der Waals surface area contributed by atoms with Crippen LogP contribution in [0.4, 0.5) is 31.1 Å². The number of H-pyrrole nitrogens is 1. The van der Waals surface area contributed by atoms with E-state index in [0.717, 1.165) is 49.7 Å². The van der Waals surface area contributed by atoms with E-state index in [0.29, 0.717) is 17.7 Å². The van der Waals surface area contributed by atoms with Crippen molar-refractivity contribution < 1.29 is 35.9 Å². The maximum Gasteiger partial charge on any atom is 0.416 e. The van der Waals surface area contributed by atoms with E-state index in [2.05, 4.69) is 43.4 Å². The number of hydrogen-bond donors (Lipinski definition) is 3. The van der Waals surface area contributed by atoms with Crippen LogP contribution in [-0.4, -0.2) is 47.0 Å². The molecule has 0 saturated carbocycles. The first kappa shape index (κ1) is 32.3. The molecule has 238 valence electrons. The average molecular weight is 688 g/mol. The summed E-state index contributed by atoms with van der Waals surface area (Å²) in [6.45, 7) is 3.86. The predicted octanol–water partition coefficient (Wildman–Crippen LogP) is 7.73. The van der Waals surface area contributed by atoms with Crippen LogP contribution in [0.15, 0.2) is 48.7 Å². The molecular weight excluding hydrogens is 654 g/mol. The Morgan fingerprint density at radius 3 is 2.30 bits per heavy atom. The summed E-state index contributed by atoms with van der Waals surface area (Å²) in [5.74, 6) is -0.547. The number of carbonyl (C=O) groups is 2. The summed E-state index contributed by atoms with van der Waals surface area (Å²) in [7, 11) is 0. The van der Waals surface area contributed by atoms with E-state index < -0.39 is 52.6 Å². The standard InChI is InChI=1S/C31H33BrF6N4O2/c1-2-29-9-11-42(12-10-29)25(16-29)40-28(44)41-27(26(32)22-17-39-23-6-4-3-5-21(22)23)24(43)8-7-18-13-19(30(33,34)35)15-20(14-18)31(36,37)38/h3-6,13-15,17,25-27,39H,2,7-12,16H2,1H3,(H2,40,41,44). The maximum atomic E-state index is 13.7. The zero-order valence-electron chi connectivity index (χ0n) is 23.9. The third kappa shape index (κ3) is 6.93. The lowest BCUT2D eigenvalue weighted by Crippen LogP contribution is -2.62. The third-order valence-electron chi connectivity index (χ3n) is 9.13. The van der Waals surface area contributed by atoms with Crippen molar-refractivity contribution in [1.82, 2.24) is 20.5 Å². The second kappa shape index (κ2) is 12.4. The number of carbonyl (C=O) groups excluding carboxylic acids is 2. The van der Waals surface area contributed by atoms with Gasteiger partial charge in [-0.05, 0) is 66.5 Å². The molecule has 3 N–H and O–H groups in total. The highest BCUT2D eigenvalue weighted by molar-refractivity contribution is 9.09. The molecule has 3 unspecified atom stereocenters. The highest BCUT2D eigenvalue weighted by Gasteiger charge is 2.44. The first-order chi connectivity index (χ1) is 20.7. The predicted molar refractivity (Wildman–Crippen MR) is 157 cm³/mol. The van der Waals surface area contributed by atoms with Crippen LogP contribution in [0, 0.1) is 5.41 Å². The number of amides is 2. The van der Waals surface area contributed by atoms with Gasteiger partial charge in [0, 0.05) is 36.6 Å². The van der Waals surface area contributed by atoms with Crippen molar-refractivity contribution in [1.29, 1.82) is 0 Å². The average Bonchev–Trinajstić information content (AvgIpc) is 3.42. The topological polar surface area (TPSA) is 77.2 Å². The lowest BCUT2D eigenvalue weighted by Gasteiger charge is -2.52. The van der Waals surface area contributed by atoms with Crippen LogP contribution in [0.2, 0.25) is 0 Å². The lowest BCUT2D eigenvalue weighted by atomic mass is 9.69. The zero-order valence-corrected chi connectivity index (χ0v) is 25.5. The normalized spacial score (nSPS) is 23.4. The Labute approximate surface area is 259 Å². The summed E-state index contributed by atoms with van der Waals surface area (Å²) >= 11 is 3.57. The van der Waals surface area contributed by atoms with Crippen molar-refractivity contribution in [2.45, 2.75) is 74.8 Å². The first-order valence-corrected chi connectivity index (χ1v) is 15.4. The number of piperidine rings is 3. The van der Waals surface area contributed by atoms with Crippen LogP contribution in [0.25, 0.3) is 10.9 Å². The molecule has 3 atom stereocenters. The minimum atomic E-state index is -5.00. The number of rotatable bonds is 9. The van der Waals surface area contributed by atoms with Gasteiger partial charge in [-0.1, -0.05) is 47.5 Å². The van der Waals surface area contributed by atoms with Crippen LogP contribution >= 0.6 is 15.9 Å². The molecule has 3 fully saturated rings. The van der Waals surface area contributed by atoms with Gasteiger partial charge in [-0.25, -0.2) is 4.79 Å². The Morgan fingerprint density at radius 1 is 1.05 bits per heavy atom. The molecular formula is C31H33BrF6N4O2.